The van der Waals surface area contributed by atoms with E-state index < -0.39 is 17.6 Å². The molecule has 2 aromatic carbocycles. The van der Waals surface area contributed by atoms with E-state index in [9.17, 15) is 14.0 Å². The first-order valence-corrected chi connectivity index (χ1v) is 6.86. The van der Waals surface area contributed by atoms with E-state index in [2.05, 4.69) is 21.2 Å². The van der Waals surface area contributed by atoms with Gasteiger partial charge < -0.3 is 11.1 Å². The normalized spacial score (nSPS) is 10.2. The third kappa shape index (κ3) is 3.11. The van der Waals surface area contributed by atoms with Gasteiger partial charge in [-0.15, -0.1) is 0 Å². The molecule has 4 nitrogen and oxygen atoms in total. The Kier molecular flexibility index (Phi) is 4.37. The molecule has 0 unspecified atom stereocenters. The first kappa shape index (κ1) is 15.2. The summed E-state index contributed by atoms with van der Waals surface area (Å²) in [6.45, 7) is 1.68. The van der Waals surface area contributed by atoms with Crippen LogP contribution in [0.15, 0.2) is 40.9 Å². The van der Waals surface area contributed by atoms with E-state index in [0.717, 1.165) is 0 Å². The summed E-state index contributed by atoms with van der Waals surface area (Å²) in [6, 6.07) is 9.03. The van der Waals surface area contributed by atoms with Crippen LogP contribution < -0.4 is 11.1 Å². The lowest BCUT2D eigenvalue weighted by Gasteiger charge is -2.11. The van der Waals surface area contributed by atoms with Crippen molar-refractivity contribution in [2.45, 2.75) is 6.92 Å². The molecule has 21 heavy (non-hydrogen) atoms. The highest BCUT2D eigenvalue weighted by atomic mass is 79.9. The van der Waals surface area contributed by atoms with Crippen LogP contribution in [0.25, 0.3) is 0 Å². The summed E-state index contributed by atoms with van der Waals surface area (Å²) in [7, 11) is 0. The summed E-state index contributed by atoms with van der Waals surface area (Å²) in [6.07, 6.45) is 0. The summed E-state index contributed by atoms with van der Waals surface area (Å²) in [4.78, 5) is 23.5. The van der Waals surface area contributed by atoms with Crippen LogP contribution in [0.4, 0.5) is 10.1 Å². The molecule has 2 rings (SSSR count). The zero-order valence-electron chi connectivity index (χ0n) is 11.1. The van der Waals surface area contributed by atoms with Gasteiger partial charge in [0.25, 0.3) is 5.91 Å². The van der Waals surface area contributed by atoms with Gasteiger partial charge in [0.05, 0.1) is 10.0 Å². The summed E-state index contributed by atoms with van der Waals surface area (Å²) < 4.78 is 13.5. The second kappa shape index (κ2) is 6.05. The van der Waals surface area contributed by atoms with Gasteiger partial charge in [-0.25, -0.2) is 4.39 Å². The lowest BCUT2D eigenvalue weighted by Crippen LogP contribution is -2.17. The first-order valence-electron chi connectivity index (χ1n) is 6.06. The number of hydrogen-bond acceptors (Lipinski definition) is 2. The number of rotatable bonds is 3. The van der Waals surface area contributed by atoms with Crippen LogP contribution in [0.2, 0.25) is 0 Å². The van der Waals surface area contributed by atoms with Crippen molar-refractivity contribution in [1.82, 2.24) is 0 Å². The van der Waals surface area contributed by atoms with Gasteiger partial charge in [-0.05, 0) is 52.7 Å². The van der Waals surface area contributed by atoms with Crippen molar-refractivity contribution in [2.24, 2.45) is 5.73 Å². The van der Waals surface area contributed by atoms with E-state index in [1.165, 1.54) is 18.2 Å². The summed E-state index contributed by atoms with van der Waals surface area (Å²) >= 11 is 3.04. The largest absolute Gasteiger partial charge is 0.366 e. The Morgan fingerprint density at radius 1 is 1.14 bits per heavy atom. The minimum absolute atomic E-state index is 0.0891. The molecule has 108 valence electrons. The standard InChI is InChI=1S/C15H12BrFN2O2/c1-8-9(14(18)20)4-3-7-12(8)19-15(21)10-5-2-6-11(17)13(10)16/h2-7H,1H3,(H2,18,20)(H,19,21). The highest BCUT2D eigenvalue weighted by Crippen LogP contribution is 2.23. The van der Waals surface area contributed by atoms with Crippen LogP contribution in [0, 0.1) is 12.7 Å². The number of nitrogens with two attached hydrogens (primary N) is 1. The number of carbonyl (C=O) groups excluding carboxylic acids is 2. The van der Waals surface area contributed by atoms with Crippen molar-refractivity contribution >= 4 is 33.4 Å². The van der Waals surface area contributed by atoms with Crippen LogP contribution >= 0.6 is 15.9 Å². The summed E-state index contributed by atoms with van der Waals surface area (Å²) in [5.41, 5.74) is 6.76. The van der Waals surface area contributed by atoms with Gasteiger partial charge in [0.1, 0.15) is 5.82 Å². The van der Waals surface area contributed by atoms with Crippen molar-refractivity contribution in [3.63, 3.8) is 0 Å². The molecule has 0 aliphatic rings. The second-order valence-corrected chi connectivity index (χ2v) is 5.19. The zero-order chi connectivity index (χ0) is 15.6. The molecule has 6 heteroatoms. The predicted molar refractivity (Wildman–Crippen MR) is 81.8 cm³/mol. The number of nitrogens with one attached hydrogen (secondary N) is 1. The van der Waals surface area contributed by atoms with E-state index in [1.807, 2.05) is 0 Å². The van der Waals surface area contributed by atoms with Crippen LogP contribution in [-0.4, -0.2) is 11.8 Å². The third-order valence-electron chi connectivity index (χ3n) is 3.04. The fraction of sp³-hybridized carbons (Fsp3) is 0.0667. The molecule has 0 aromatic heterocycles. The van der Waals surface area contributed by atoms with Gasteiger partial charge in [-0.3, -0.25) is 9.59 Å². The minimum Gasteiger partial charge on any atom is -0.366 e. The maximum Gasteiger partial charge on any atom is 0.256 e. The Bertz CT molecular complexity index is 732. The number of amides is 2. The van der Waals surface area contributed by atoms with Crippen LogP contribution in [0.1, 0.15) is 26.3 Å². The first-order chi connectivity index (χ1) is 9.91. The van der Waals surface area contributed by atoms with Gasteiger partial charge in [-0.2, -0.15) is 0 Å². The Balaban J connectivity index is 2.34. The minimum atomic E-state index is -0.574. The lowest BCUT2D eigenvalue weighted by molar-refractivity contribution is 0.0995. The van der Waals surface area contributed by atoms with Gasteiger partial charge in [0, 0.05) is 11.3 Å². The van der Waals surface area contributed by atoms with Gasteiger partial charge in [0.2, 0.25) is 5.91 Å². The fourth-order valence-electron chi connectivity index (χ4n) is 1.91. The van der Waals surface area contributed by atoms with Crippen LogP contribution in [0.5, 0.6) is 0 Å². The number of hydrogen-bond donors (Lipinski definition) is 2. The molecule has 0 aliphatic heterocycles. The molecule has 0 spiro atoms. The summed E-state index contributed by atoms with van der Waals surface area (Å²) in [5, 5.41) is 2.65. The second-order valence-electron chi connectivity index (χ2n) is 4.40. The predicted octanol–water partition coefficient (Wildman–Crippen LogP) is 3.25. The molecule has 0 radical (unpaired) electrons. The molecule has 2 aromatic rings. The highest BCUT2D eigenvalue weighted by molar-refractivity contribution is 9.10. The zero-order valence-corrected chi connectivity index (χ0v) is 12.7. The Labute approximate surface area is 129 Å². The van der Waals surface area contributed by atoms with Gasteiger partial charge in [-0.1, -0.05) is 12.1 Å². The van der Waals surface area contributed by atoms with Gasteiger partial charge >= 0.3 is 0 Å². The molecular weight excluding hydrogens is 339 g/mol. The molecule has 3 N–H and O–H groups in total. The van der Waals surface area contributed by atoms with Crippen LogP contribution in [0.3, 0.4) is 0 Å². The molecule has 0 bridgehead atoms. The third-order valence-corrected chi connectivity index (χ3v) is 3.85. The van der Waals surface area contributed by atoms with E-state index in [0.29, 0.717) is 16.8 Å². The average Bonchev–Trinajstić information content (AvgIpc) is 2.43. The van der Waals surface area contributed by atoms with Crippen LogP contribution in [-0.2, 0) is 0 Å². The molecule has 0 fully saturated rings. The molecule has 2 amide bonds. The Hall–Kier alpha value is -2.21. The lowest BCUT2D eigenvalue weighted by atomic mass is 10.1. The number of anilines is 1. The highest BCUT2D eigenvalue weighted by Gasteiger charge is 2.15. The Morgan fingerprint density at radius 3 is 2.43 bits per heavy atom. The monoisotopic (exact) mass is 350 g/mol. The van der Waals surface area contributed by atoms with Crippen molar-refractivity contribution in [1.29, 1.82) is 0 Å². The van der Waals surface area contributed by atoms with E-state index in [1.54, 1.807) is 25.1 Å². The smallest absolute Gasteiger partial charge is 0.256 e. The van der Waals surface area contributed by atoms with Crippen molar-refractivity contribution in [3.05, 3.63) is 63.4 Å². The number of primary amides is 1. The summed E-state index contributed by atoms with van der Waals surface area (Å²) in [5.74, 6) is -1.58. The van der Waals surface area contributed by atoms with E-state index in [4.69, 9.17) is 5.73 Å². The Morgan fingerprint density at radius 2 is 1.76 bits per heavy atom. The maximum absolute atomic E-state index is 13.4. The molecule has 0 atom stereocenters. The van der Waals surface area contributed by atoms with Gasteiger partial charge in [0.15, 0.2) is 0 Å². The molecule has 0 heterocycles. The fourth-order valence-corrected chi connectivity index (χ4v) is 2.35. The average molecular weight is 351 g/mol. The van der Waals surface area contributed by atoms with Crippen molar-refractivity contribution in [3.8, 4) is 0 Å². The van der Waals surface area contributed by atoms with Crippen molar-refractivity contribution < 1.29 is 14.0 Å². The van der Waals surface area contributed by atoms with Crippen molar-refractivity contribution in [2.75, 3.05) is 5.32 Å². The quantitative estimate of drug-likeness (QED) is 0.891. The number of carbonyl (C=O) groups is 2. The van der Waals surface area contributed by atoms with E-state index in [-0.39, 0.29) is 10.0 Å². The maximum atomic E-state index is 13.4. The molecule has 0 saturated heterocycles. The topological polar surface area (TPSA) is 72.2 Å². The van der Waals surface area contributed by atoms with E-state index >= 15 is 0 Å². The SMILES string of the molecule is Cc1c(NC(=O)c2cccc(F)c2Br)cccc1C(N)=O. The molecule has 0 saturated carbocycles. The molecule has 0 aliphatic carbocycles. The number of halogens is 2. The number of benzene rings is 2. The molecular formula is C15H12BrFN2O2.